The zero-order valence-electron chi connectivity index (χ0n) is 20.8. The Morgan fingerprint density at radius 3 is 2.61 bits per heavy atom. The van der Waals surface area contributed by atoms with Gasteiger partial charge in [-0.2, -0.15) is 0 Å². The Morgan fingerprint density at radius 1 is 1.09 bits per heavy atom. The van der Waals surface area contributed by atoms with Crippen molar-refractivity contribution >= 4 is 17.8 Å². The van der Waals surface area contributed by atoms with E-state index < -0.39 is 0 Å². The Kier molecular flexibility index (Phi) is 6.93. The highest BCUT2D eigenvalue weighted by Gasteiger charge is 2.60. The first-order valence-electron chi connectivity index (χ1n) is 13.0. The van der Waals surface area contributed by atoms with E-state index in [9.17, 15) is 14.4 Å². The van der Waals surface area contributed by atoms with Crippen molar-refractivity contribution in [3.63, 3.8) is 0 Å². The predicted molar refractivity (Wildman–Crippen MR) is 125 cm³/mol. The Morgan fingerprint density at radius 2 is 1.88 bits per heavy atom. The number of allylic oxidation sites excluding steroid dienone is 1. The summed E-state index contributed by atoms with van der Waals surface area (Å²) < 4.78 is 10.7. The fraction of sp³-hybridized carbons (Fsp3) is 0.815. The number of hydrogen-bond acceptors (Lipinski definition) is 5. The molecule has 3 fully saturated rings. The molecule has 6 heteroatoms. The monoisotopic (exact) mass is 459 g/mol. The average Bonchev–Trinajstić information content (AvgIpc) is 3.13. The van der Waals surface area contributed by atoms with Gasteiger partial charge in [0.2, 0.25) is 5.91 Å². The number of ether oxygens (including phenoxy) is 2. The van der Waals surface area contributed by atoms with Crippen molar-refractivity contribution in [2.45, 2.75) is 91.6 Å². The van der Waals surface area contributed by atoms with Crippen LogP contribution in [0, 0.1) is 34.5 Å². The molecule has 4 aliphatic rings. The molecule has 4 rings (SSSR count). The van der Waals surface area contributed by atoms with E-state index in [1.165, 1.54) is 12.5 Å². The maximum atomic E-state index is 13.1. The third kappa shape index (κ3) is 4.46. The highest BCUT2D eigenvalue weighted by Crippen LogP contribution is 2.66. The maximum absolute atomic E-state index is 13.1. The van der Waals surface area contributed by atoms with Gasteiger partial charge in [-0.05, 0) is 80.0 Å². The van der Waals surface area contributed by atoms with E-state index in [1.54, 1.807) is 0 Å². The first-order chi connectivity index (χ1) is 15.7. The molecule has 0 aromatic heterocycles. The van der Waals surface area contributed by atoms with E-state index in [0.717, 1.165) is 57.8 Å². The average molecular weight is 460 g/mol. The van der Waals surface area contributed by atoms with Gasteiger partial charge in [0.15, 0.2) is 0 Å². The lowest BCUT2D eigenvalue weighted by Crippen LogP contribution is -2.52. The van der Waals surface area contributed by atoms with Gasteiger partial charge in [0.05, 0.1) is 6.61 Å². The van der Waals surface area contributed by atoms with Gasteiger partial charge in [-0.25, -0.2) is 0 Å². The van der Waals surface area contributed by atoms with Crippen LogP contribution in [-0.2, 0) is 23.9 Å². The number of carbonyl (C=O) groups is 3. The minimum Gasteiger partial charge on any atom is -0.464 e. The Balaban J connectivity index is 1.44. The number of nitrogens with one attached hydrogen (secondary N) is 1. The molecule has 184 valence electrons. The molecule has 7 atom stereocenters. The van der Waals surface area contributed by atoms with Crippen LogP contribution in [0.3, 0.4) is 0 Å². The van der Waals surface area contributed by atoms with Gasteiger partial charge < -0.3 is 14.8 Å². The largest absolute Gasteiger partial charge is 0.464 e. The van der Waals surface area contributed by atoms with Gasteiger partial charge in [0.1, 0.15) is 12.6 Å². The topological polar surface area (TPSA) is 81.7 Å². The van der Waals surface area contributed by atoms with Crippen LogP contribution in [0.4, 0.5) is 0 Å². The molecule has 33 heavy (non-hydrogen) atoms. The number of fused-ring (bicyclic) bond motifs is 5. The van der Waals surface area contributed by atoms with Crippen LogP contribution in [0.15, 0.2) is 11.6 Å². The van der Waals surface area contributed by atoms with Gasteiger partial charge in [-0.3, -0.25) is 14.4 Å². The van der Waals surface area contributed by atoms with Crippen molar-refractivity contribution < 1.29 is 23.9 Å². The van der Waals surface area contributed by atoms with Crippen molar-refractivity contribution in [2.24, 2.45) is 34.5 Å². The highest BCUT2D eigenvalue weighted by atomic mass is 16.5. The summed E-state index contributed by atoms with van der Waals surface area (Å²) >= 11 is 0. The summed E-state index contributed by atoms with van der Waals surface area (Å²) in [6, 6.07) is 0. The van der Waals surface area contributed by atoms with E-state index in [2.05, 4.69) is 25.2 Å². The van der Waals surface area contributed by atoms with E-state index in [0.29, 0.717) is 24.4 Å². The van der Waals surface area contributed by atoms with Gasteiger partial charge >= 0.3 is 11.9 Å². The van der Waals surface area contributed by atoms with E-state index in [4.69, 9.17) is 9.47 Å². The van der Waals surface area contributed by atoms with Crippen LogP contribution in [-0.4, -0.2) is 37.1 Å². The van der Waals surface area contributed by atoms with Crippen LogP contribution in [0.1, 0.15) is 85.5 Å². The van der Waals surface area contributed by atoms with Gasteiger partial charge in [-0.1, -0.05) is 32.4 Å². The molecular weight excluding hydrogens is 418 g/mol. The van der Waals surface area contributed by atoms with Crippen molar-refractivity contribution in [2.75, 3.05) is 13.2 Å². The molecule has 0 aromatic carbocycles. The molecule has 1 N–H and O–H groups in total. The number of carbonyl (C=O) groups excluding carboxylic acids is 3. The second-order valence-corrected chi connectivity index (χ2v) is 11.3. The second kappa shape index (κ2) is 9.42. The number of hydrogen-bond donors (Lipinski definition) is 1. The van der Waals surface area contributed by atoms with Crippen LogP contribution >= 0.6 is 0 Å². The predicted octanol–water partition coefficient (Wildman–Crippen LogP) is 4.57. The SMILES string of the molecule is CCCOC(=O)CNC(=O)[C@H]1CC[C@H]2[C@@H]3CC=C4C[C@@H](OC(C)=O)CC[C@]4(C)[C@H]3CC[C@]12C. The summed E-state index contributed by atoms with van der Waals surface area (Å²) in [7, 11) is 0. The third-order valence-corrected chi connectivity index (χ3v) is 9.58. The molecule has 4 aliphatic carbocycles. The minimum absolute atomic E-state index is 0.00474. The van der Waals surface area contributed by atoms with Crippen LogP contribution in [0.25, 0.3) is 0 Å². The molecule has 0 aliphatic heterocycles. The number of esters is 2. The minimum atomic E-state index is -0.351. The molecule has 0 radical (unpaired) electrons. The normalized spacial score (nSPS) is 39.4. The summed E-state index contributed by atoms with van der Waals surface area (Å²) in [6.45, 7) is 8.58. The van der Waals surface area contributed by atoms with Crippen molar-refractivity contribution in [3.05, 3.63) is 11.6 Å². The molecule has 0 unspecified atom stereocenters. The Bertz CT molecular complexity index is 821. The zero-order valence-corrected chi connectivity index (χ0v) is 20.8. The van der Waals surface area contributed by atoms with E-state index in [-0.39, 0.29) is 47.2 Å². The maximum Gasteiger partial charge on any atom is 0.325 e. The Labute approximate surface area is 198 Å². The lowest BCUT2D eigenvalue weighted by Gasteiger charge is -2.58. The molecule has 0 spiro atoms. The summed E-state index contributed by atoms with van der Waals surface area (Å²) in [6.07, 6.45) is 11.4. The van der Waals surface area contributed by atoms with Gasteiger partial charge in [0.25, 0.3) is 0 Å². The van der Waals surface area contributed by atoms with Crippen LogP contribution in [0.2, 0.25) is 0 Å². The van der Waals surface area contributed by atoms with Crippen LogP contribution in [0.5, 0.6) is 0 Å². The highest BCUT2D eigenvalue weighted by molar-refractivity contribution is 5.84. The molecule has 0 bridgehead atoms. The molecule has 0 heterocycles. The molecule has 0 saturated heterocycles. The summed E-state index contributed by atoms with van der Waals surface area (Å²) in [5, 5.41) is 2.87. The smallest absolute Gasteiger partial charge is 0.325 e. The van der Waals surface area contributed by atoms with E-state index >= 15 is 0 Å². The third-order valence-electron chi connectivity index (χ3n) is 9.58. The summed E-state index contributed by atoms with van der Waals surface area (Å²) in [5.41, 5.74) is 1.67. The van der Waals surface area contributed by atoms with Crippen molar-refractivity contribution in [1.29, 1.82) is 0 Å². The number of rotatable bonds is 6. The number of amides is 1. The first-order valence-corrected chi connectivity index (χ1v) is 13.0. The Hall–Kier alpha value is -1.85. The molecule has 6 nitrogen and oxygen atoms in total. The zero-order chi connectivity index (χ0) is 23.8. The van der Waals surface area contributed by atoms with Crippen molar-refractivity contribution in [1.82, 2.24) is 5.32 Å². The molecule has 3 saturated carbocycles. The lowest BCUT2D eigenvalue weighted by atomic mass is 9.47. The standard InChI is InChI=1S/C27H41NO5/c1-5-14-32-24(30)16-28-25(31)23-9-8-21-20-7-6-18-15-19(33-17(2)29)10-12-26(18,3)22(20)11-13-27(21,23)4/h6,19-23H,5,7-16H2,1-4H3,(H,28,31)/t19-,20-,21-,22-,23+,26-,27-/m0/s1. The summed E-state index contributed by atoms with van der Waals surface area (Å²) in [5.74, 6) is 1.25. The lowest BCUT2D eigenvalue weighted by molar-refractivity contribution is -0.149. The summed E-state index contributed by atoms with van der Waals surface area (Å²) in [4.78, 5) is 36.4. The first kappa shape index (κ1) is 24.3. The molecule has 1 amide bonds. The molecular formula is C27H41NO5. The van der Waals surface area contributed by atoms with Crippen molar-refractivity contribution in [3.8, 4) is 0 Å². The van der Waals surface area contributed by atoms with Crippen LogP contribution < -0.4 is 5.32 Å². The fourth-order valence-corrected chi connectivity index (χ4v) is 7.94. The fourth-order valence-electron chi connectivity index (χ4n) is 7.94. The quantitative estimate of drug-likeness (QED) is 0.465. The van der Waals surface area contributed by atoms with Gasteiger partial charge in [-0.15, -0.1) is 0 Å². The van der Waals surface area contributed by atoms with E-state index in [1.807, 2.05) is 6.92 Å². The second-order valence-electron chi connectivity index (χ2n) is 11.3. The van der Waals surface area contributed by atoms with Gasteiger partial charge in [0, 0.05) is 19.3 Å². The molecule has 0 aromatic rings.